The van der Waals surface area contributed by atoms with Gasteiger partial charge in [-0.15, -0.1) is 0 Å². The molecule has 2 aliphatic rings. The zero-order valence-electron chi connectivity index (χ0n) is 16.0. The molecule has 0 aliphatic carbocycles. The standard InChI is InChI=1S/C20H25N5O2S/c1-27-13-25-16-10-15(12-24-8-4-14(5-9-24)11-18(21)26)2-3-17(16)28-20-19(25)22-6-7-23-20/h2-3,6-7,10,14H,4-5,8-9,11-13H2,1H3,(H2,21,26). The number of carbonyl (C=O) groups excluding carboxylic acids is 1. The van der Waals surface area contributed by atoms with Gasteiger partial charge in [0.2, 0.25) is 5.91 Å². The Balaban J connectivity index is 1.49. The van der Waals surface area contributed by atoms with Gasteiger partial charge in [-0.3, -0.25) is 14.6 Å². The molecule has 2 aromatic rings. The molecule has 0 spiro atoms. The Morgan fingerprint density at radius 3 is 2.82 bits per heavy atom. The molecule has 2 N–H and O–H groups in total. The molecule has 1 amide bonds. The predicted molar refractivity (Wildman–Crippen MR) is 108 cm³/mol. The lowest BCUT2D eigenvalue weighted by molar-refractivity contribution is -0.119. The van der Waals surface area contributed by atoms with Gasteiger partial charge in [-0.1, -0.05) is 17.8 Å². The van der Waals surface area contributed by atoms with Gasteiger partial charge in [0.15, 0.2) is 5.82 Å². The maximum Gasteiger partial charge on any atom is 0.217 e. The van der Waals surface area contributed by atoms with Crippen molar-refractivity contribution in [1.82, 2.24) is 14.9 Å². The van der Waals surface area contributed by atoms with Crippen LogP contribution in [0.4, 0.5) is 11.5 Å². The van der Waals surface area contributed by atoms with Crippen LogP contribution in [-0.2, 0) is 16.1 Å². The number of nitrogens with zero attached hydrogens (tertiary/aromatic N) is 4. The number of carbonyl (C=O) groups is 1. The number of aromatic nitrogens is 2. The molecular weight excluding hydrogens is 374 g/mol. The second-order valence-corrected chi connectivity index (χ2v) is 8.36. The second kappa shape index (κ2) is 8.46. The lowest BCUT2D eigenvalue weighted by Gasteiger charge is -2.33. The van der Waals surface area contributed by atoms with E-state index < -0.39 is 0 Å². The largest absolute Gasteiger partial charge is 0.370 e. The summed E-state index contributed by atoms with van der Waals surface area (Å²) in [4.78, 5) is 25.8. The third-order valence-corrected chi connectivity index (χ3v) is 6.33. The van der Waals surface area contributed by atoms with Gasteiger partial charge in [0.05, 0.1) is 5.69 Å². The van der Waals surface area contributed by atoms with E-state index in [4.69, 9.17) is 10.5 Å². The lowest BCUT2D eigenvalue weighted by Crippen LogP contribution is -2.34. The molecule has 148 valence electrons. The molecule has 4 rings (SSSR count). The lowest BCUT2D eigenvalue weighted by atomic mass is 9.93. The first-order valence-electron chi connectivity index (χ1n) is 9.53. The Labute approximate surface area is 169 Å². The fourth-order valence-corrected chi connectivity index (χ4v) is 4.89. The minimum atomic E-state index is -0.188. The van der Waals surface area contributed by atoms with Gasteiger partial charge in [-0.2, -0.15) is 0 Å². The number of hydrogen-bond acceptors (Lipinski definition) is 7. The Hall–Kier alpha value is -2.16. The molecule has 28 heavy (non-hydrogen) atoms. The van der Waals surface area contributed by atoms with E-state index in [0.717, 1.165) is 53.9 Å². The smallest absolute Gasteiger partial charge is 0.217 e. The molecule has 1 aromatic heterocycles. The number of amides is 1. The van der Waals surface area contributed by atoms with Gasteiger partial charge >= 0.3 is 0 Å². The zero-order valence-corrected chi connectivity index (χ0v) is 16.8. The van der Waals surface area contributed by atoms with Crippen molar-refractivity contribution in [2.24, 2.45) is 11.7 Å². The maximum absolute atomic E-state index is 11.1. The Bertz CT molecular complexity index is 854. The molecule has 8 heteroatoms. The fraction of sp³-hybridized carbons (Fsp3) is 0.450. The van der Waals surface area contributed by atoms with E-state index in [2.05, 4.69) is 38.0 Å². The topological polar surface area (TPSA) is 84.6 Å². The normalized spacial score (nSPS) is 17.2. The van der Waals surface area contributed by atoms with E-state index in [1.165, 1.54) is 5.56 Å². The van der Waals surface area contributed by atoms with Crippen LogP contribution >= 0.6 is 11.8 Å². The minimum absolute atomic E-state index is 0.188. The number of piperidine rings is 1. The Morgan fingerprint density at radius 1 is 1.29 bits per heavy atom. The Kier molecular flexibility index (Phi) is 5.79. The van der Waals surface area contributed by atoms with Gasteiger partial charge in [-0.05, 0) is 49.5 Å². The van der Waals surface area contributed by atoms with Crippen molar-refractivity contribution in [2.75, 3.05) is 31.8 Å². The first-order chi connectivity index (χ1) is 13.6. The number of rotatable bonds is 6. The molecule has 1 aromatic carbocycles. The van der Waals surface area contributed by atoms with Crippen molar-refractivity contribution in [2.45, 2.75) is 35.7 Å². The van der Waals surface area contributed by atoms with E-state index in [1.54, 1.807) is 31.3 Å². The number of likely N-dealkylation sites (tertiary alicyclic amines) is 1. The molecule has 0 radical (unpaired) electrons. The summed E-state index contributed by atoms with van der Waals surface area (Å²) >= 11 is 1.64. The van der Waals surface area contributed by atoms with Crippen molar-refractivity contribution in [3.05, 3.63) is 36.2 Å². The van der Waals surface area contributed by atoms with Gasteiger partial charge in [0.25, 0.3) is 0 Å². The quantitative estimate of drug-likeness (QED) is 0.799. The van der Waals surface area contributed by atoms with Crippen LogP contribution in [0.2, 0.25) is 0 Å². The molecule has 0 saturated carbocycles. The van der Waals surface area contributed by atoms with Crippen molar-refractivity contribution in [1.29, 1.82) is 0 Å². The van der Waals surface area contributed by atoms with Crippen molar-refractivity contribution in [3.63, 3.8) is 0 Å². The molecule has 7 nitrogen and oxygen atoms in total. The number of methoxy groups -OCH3 is 1. The molecule has 1 saturated heterocycles. The van der Waals surface area contributed by atoms with Crippen LogP contribution in [0, 0.1) is 5.92 Å². The van der Waals surface area contributed by atoms with E-state index in [0.29, 0.717) is 19.1 Å². The summed E-state index contributed by atoms with van der Waals surface area (Å²) in [5.74, 6) is 1.08. The first-order valence-corrected chi connectivity index (χ1v) is 10.3. The number of hydrogen-bond donors (Lipinski definition) is 1. The SMILES string of the molecule is COCN1c2cc(CN3CCC(CC(N)=O)CC3)ccc2Sc2nccnc21. The van der Waals surface area contributed by atoms with Crippen molar-refractivity contribution in [3.8, 4) is 0 Å². The molecule has 2 aliphatic heterocycles. The summed E-state index contributed by atoms with van der Waals surface area (Å²) in [5.41, 5.74) is 7.72. The Morgan fingerprint density at radius 2 is 2.07 bits per heavy atom. The highest BCUT2D eigenvalue weighted by molar-refractivity contribution is 7.99. The zero-order chi connectivity index (χ0) is 19.5. The van der Waals surface area contributed by atoms with Crippen molar-refractivity contribution >= 4 is 29.2 Å². The van der Waals surface area contributed by atoms with Crippen LogP contribution < -0.4 is 10.6 Å². The molecule has 0 unspecified atom stereocenters. The monoisotopic (exact) mass is 399 g/mol. The second-order valence-electron chi connectivity index (χ2n) is 7.33. The number of ether oxygens (including phenoxy) is 1. The third kappa shape index (κ3) is 4.14. The molecule has 0 atom stereocenters. The van der Waals surface area contributed by atoms with E-state index in [-0.39, 0.29) is 5.91 Å². The summed E-state index contributed by atoms with van der Waals surface area (Å²) in [6.07, 6.45) is 6.01. The number of nitrogens with two attached hydrogens (primary N) is 1. The number of anilines is 2. The van der Waals surface area contributed by atoms with Crippen molar-refractivity contribution < 1.29 is 9.53 Å². The number of benzene rings is 1. The average Bonchev–Trinajstić information content (AvgIpc) is 2.69. The summed E-state index contributed by atoms with van der Waals surface area (Å²) in [6.45, 7) is 3.33. The van der Waals surface area contributed by atoms with Gasteiger partial charge in [0, 0.05) is 37.4 Å². The van der Waals surface area contributed by atoms with Gasteiger partial charge in [0.1, 0.15) is 11.8 Å². The predicted octanol–water partition coefficient (Wildman–Crippen LogP) is 2.77. The summed E-state index contributed by atoms with van der Waals surface area (Å²) < 4.78 is 5.43. The van der Waals surface area contributed by atoms with Crippen LogP contribution in [0.5, 0.6) is 0 Å². The highest BCUT2D eigenvalue weighted by Crippen LogP contribution is 2.46. The van der Waals surface area contributed by atoms with Crippen LogP contribution in [0.1, 0.15) is 24.8 Å². The molecular formula is C20H25N5O2S. The summed E-state index contributed by atoms with van der Waals surface area (Å²) in [5, 5.41) is 0.899. The van der Waals surface area contributed by atoms with Crippen LogP contribution in [0.15, 0.2) is 40.5 Å². The van der Waals surface area contributed by atoms with Crippen LogP contribution in [0.25, 0.3) is 0 Å². The van der Waals surface area contributed by atoms with Gasteiger partial charge in [-0.25, -0.2) is 9.97 Å². The summed E-state index contributed by atoms with van der Waals surface area (Å²) in [6, 6.07) is 6.58. The fourth-order valence-electron chi connectivity index (χ4n) is 3.90. The molecule has 1 fully saturated rings. The highest BCUT2D eigenvalue weighted by atomic mass is 32.2. The highest BCUT2D eigenvalue weighted by Gasteiger charge is 2.26. The minimum Gasteiger partial charge on any atom is -0.370 e. The number of fused-ring (bicyclic) bond motifs is 2. The maximum atomic E-state index is 11.1. The summed E-state index contributed by atoms with van der Waals surface area (Å²) in [7, 11) is 1.69. The van der Waals surface area contributed by atoms with Gasteiger partial charge < -0.3 is 10.5 Å². The van der Waals surface area contributed by atoms with E-state index in [1.807, 2.05) is 0 Å². The third-order valence-electron chi connectivity index (χ3n) is 5.28. The molecule has 0 bridgehead atoms. The average molecular weight is 400 g/mol. The van der Waals surface area contributed by atoms with Crippen LogP contribution in [0.3, 0.4) is 0 Å². The van der Waals surface area contributed by atoms with E-state index in [9.17, 15) is 4.79 Å². The van der Waals surface area contributed by atoms with Crippen LogP contribution in [-0.4, -0.2) is 47.7 Å². The number of primary amides is 1. The molecule has 3 heterocycles. The van der Waals surface area contributed by atoms with E-state index >= 15 is 0 Å². The first kappa shape index (κ1) is 19.2.